The summed E-state index contributed by atoms with van der Waals surface area (Å²) in [7, 11) is 0. The van der Waals surface area contributed by atoms with E-state index < -0.39 is 155 Å². The maximum atomic E-state index is 13.6. The van der Waals surface area contributed by atoms with Crippen LogP contribution in [0.4, 0.5) is 0 Å². The monoisotopic (exact) mass is 1480 g/mol. The Bertz CT molecular complexity index is 2100. The average molecular weight is 1480 g/mol. The second kappa shape index (κ2) is 59.4. The highest BCUT2D eigenvalue weighted by atomic mass is 16.8. The van der Waals surface area contributed by atoms with Crippen LogP contribution in [0.3, 0.4) is 0 Å². The van der Waals surface area contributed by atoms with Crippen molar-refractivity contribution < 1.29 is 104 Å². The first-order valence-corrected chi connectivity index (χ1v) is 41.6. The molecular formula is C80H150N2O21. The molecule has 0 aromatic rings. The van der Waals surface area contributed by atoms with Crippen molar-refractivity contribution in [1.82, 2.24) is 10.6 Å². The Kier molecular flexibility index (Phi) is 54.6. The number of unbranched alkanes of at least 4 members (excludes halogenated alkanes) is 46. The van der Waals surface area contributed by atoms with Crippen LogP contribution in [-0.2, 0) is 42.8 Å². The minimum absolute atomic E-state index is 0.206. The van der Waals surface area contributed by atoms with Crippen molar-refractivity contribution in [2.75, 3.05) is 26.4 Å². The molecule has 3 heterocycles. The summed E-state index contributed by atoms with van der Waals surface area (Å²) in [5.74, 6) is -6.13. The van der Waals surface area contributed by atoms with Crippen LogP contribution in [0.5, 0.6) is 0 Å². The first kappa shape index (κ1) is 94.7. The molecule has 18 atom stereocenters. The van der Waals surface area contributed by atoms with E-state index in [0.717, 1.165) is 51.9 Å². The molecule has 0 aromatic carbocycles. The van der Waals surface area contributed by atoms with Gasteiger partial charge in [-0.25, -0.2) is 4.79 Å². The molecule has 23 nitrogen and oxygen atoms in total. The summed E-state index contributed by atoms with van der Waals surface area (Å²) < 4.78 is 34.9. The van der Waals surface area contributed by atoms with Crippen LogP contribution < -0.4 is 10.6 Å². The lowest BCUT2D eigenvalue weighted by molar-refractivity contribution is -0.386. The molecule has 0 bridgehead atoms. The summed E-state index contributed by atoms with van der Waals surface area (Å²) in [4.78, 5) is 38.7. The number of nitrogens with one attached hydrogen (secondary N) is 2. The molecule has 23 heteroatoms. The number of aliphatic carboxylic acids is 1. The molecule has 0 aromatic heterocycles. The quantitative estimate of drug-likeness (QED) is 0.0199. The lowest BCUT2D eigenvalue weighted by Gasteiger charge is -2.50. The van der Waals surface area contributed by atoms with E-state index in [0.29, 0.717) is 12.8 Å². The number of rotatable bonds is 66. The van der Waals surface area contributed by atoms with Gasteiger partial charge in [0.15, 0.2) is 12.6 Å². The van der Waals surface area contributed by atoms with Crippen molar-refractivity contribution in [3.8, 4) is 0 Å². The van der Waals surface area contributed by atoms with Crippen LogP contribution in [0.15, 0.2) is 12.2 Å². The first-order chi connectivity index (χ1) is 49.9. The third-order valence-electron chi connectivity index (χ3n) is 21.2. The molecule has 3 rings (SSSR count). The number of carbonyl (C=O) groups excluding carboxylic acids is 2. The minimum atomic E-state index is -3.08. The molecule has 103 heavy (non-hydrogen) atoms. The molecule has 18 unspecified atom stereocenters. The number of amides is 2. The van der Waals surface area contributed by atoms with Gasteiger partial charge < -0.3 is 100 Å². The van der Waals surface area contributed by atoms with E-state index in [-0.39, 0.29) is 12.3 Å². The predicted octanol–water partition coefficient (Wildman–Crippen LogP) is 11.4. The second-order valence-corrected chi connectivity index (χ2v) is 30.4. The molecule has 14 N–H and O–H groups in total. The van der Waals surface area contributed by atoms with E-state index in [1.165, 1.54) is 250 Å². The fourth-order valence-electron chi connectivity index (χ4n) is 14.7. The lowest BCUT2D eigenvalue weighted by Crippen LogP contribution is -2.70. The number of carboxylic acid groups (broad SMARTS) is 1. The van der Waals surface area contributed by atoms with Gasteiger partial charge in [0, 0.05) is 19.8 Å². The fourth-order valence-corrected chi connectivity index (χ4v) is 14.7. The van der Waals surface area contributed by atoms with Crippen molar-refractivity contribution in [3.63, 3.8) is 0 Å². The van der Waals surface area contributed by atoms with Crippen LogP contribution in [-0.4, -0.2) is 215 Å². The Labute approximate surface area is 620 Å². The van der Waals surface area contributed by atoms with E-state index >= 15 is 0 Å². The maximum Gasteiger partial charge on any atom is 0.364 e. The molecule has 606 valence electrons. The van der Waals surface area contributed by atoms with E-state index in [1.807, 2.05) is 6.08 Å². The Hall–Kier alpha value is -2.53. The first-order valence-electron chi connectivity index (χ1n) is 41.6. The number of aliphatic hydroxyl groups excluding tert-OH is 11. The highest BCUT2D eigenvalue weighted by Gasteiger charge is 2.60. The van der Waals surface area contributed by atoms with Gasteiger partial charge >= 0.3 is 5.97 Å². The largest absolute Gasteiger partial charge is 0.477 e. The summed E-state index contributed by atoms with van der Waals surface area (Å²) in [6.07, 6.45) is 35.4. The van der Waals surface area contributed by atoms with Crippen LogP contribution in [0.2, 0.25) is 0 Å². The number of allylic oxidation sites excluding steroid dienone is 1. The molecule has 3 aliphatic rings. The Morgan fingerprint density at radius 2 is 0.903 bits per heavy atom. The predicted molar refractivity (Wildman–Crippen MR) is 398 cm³/mol. The molecule has 3 fully saturated rings. The van der Waals surface area contributed by atoms with Gasteiger partial charge in [-0.2, -0.15) is 0 Å². The molecule has 2 amide bonds. The number of carbonyl (C=O) groups is 3. The SMILES string of the molecule is CCCCCCCCCCCCCCCCCCCC/C=C/C(O)C(COC1OC(CO)C(OC2OC(CO)C(O)C(OC3(C(=O)O)CC(O)C(NC(C)=O)C(C(O)C(O)CO)O3)C2O)C(O)C1O)NC(=O)CCCCCCCCCCCCCCCCCCCCCCCCCCCCCCC. The molecular weight excluding hydrogens is 1320 g/mol. The van der Waals surface area contributed by atoms with Crippen molar-refractivity contribution >= 4 is 17.8 Å². The van der Waals surface area contributed by atoms with Crippen LogP contribution >= 0.6 is 0 Å². The fraction of sp³-hybridized carbons (Fsp3) is 0.938. The standard InChI is InChI=1S/C80H150N2O21/c1-4-6-8-10-12-14-16-18-20-22-24-26-27-28-29-30-31-32-33-34-36-38-40-42-44-46-48-50-52-54-67(90)82-61(62(87)53-51-49-47-45-43-41-39-37-35-25-23-21-19-17-15-13-11-9-7-5-2)59-98-77-72(94)71(93)74(66(58-85)100-77)101-78-73(95)76(70(92)65(57-84)99-78)103-80(79(96)97)55-63(88)68(81-60(3)86)75(102-80)69(91)64(89)56-83/h51,53,61-66,68-78,83-85,87-89,91-95H,4-50,52,54-59H2,1-3H3,(H,81,86)(H,82,90)(H,96,97)/b53-51+. The summed E-state index contributed by atoms with van der Waals surface area (Å²) in [5, 5.41) is 136. The Balaban J connectivity index is 1.49. The summed E-state index contributed by atoms with van der Waals surface area (Å²) in [6.45, 7) is 2.20. The Morgan fingerprint density at radius 3 is 1.29 bits per heavy atom. The average Bonchev–Trinajstić information content (AvgIpc) is 0.755. The van der Waals surface area contributed by atoms with Crippen LogP contribution in [0, 0.1) is 0 Å². The van der Waals surface area contributed by atoms with Crippen molar-refractivity contribution in [3.05, 3.63) is 12.2 Å². The van der Waals surface area contributed by atoms with Gasteiger partial charge in [-0.15, -0.1) is 0 Å². The topological polar surface area (TPSA) is 373 Å². The van der Waals surface area contributed by atoms with Crippen LogP contribution in [0.1, 0.15) is 342 Å². The molecule has 0 saturated carbocycles. The molecule has 3 aliphatic heterocycles. The second-order valence-electron chi connectivity index (χ2n) is 30.4. The van der Waals surface area contributed by atoms with Gasteiger partial charge in [0.1, 0.15) is 67.1 Å². The summed E-state index contributed by atoms with van der Waals surface area (Å²) >= 11 is 0. The van der Waals surface area contributed by atoms with Gasteiger partial charge in [-0.05, 0) is 19.3 Å². The summed E-state index contributed by atoms with van der Waals surface area (Å²) in [6, 6.07) is -2.62. The normalized spacial score (nSPS) is 26.5. The van der Waals surface area contributed by atoms with Gasteiger partial charge in [-0.3, -0.25) is 9.59 Å². The number of hydrogen-bond donors (Lipinski definition) is 14. The smallest absolute Gasteiger partial charge is 0.364 e. The zero-order valence-electron chi connectivity index (χ0n) is 64.2. The molecule has 3 saturated heterocycles. The van der Waals surface area contributed by atoms with Gasteiger partial charge in [0.2, 0.25) is 11.8 Å². The third-order valence-corrected chi connectivity index (χ3v) is 21.2. The number of aliphatic hydroxyl groups is 11. The van der Waals surface area contributed by atoms with E-state index in [9.17, 15) is 75.7 Å². The molecule has 0 radical (unpaired) electrons. The third kappa shape index (κ3) is 39.6. The molecule has 0 aliphatic carbocycles. The lowest BCUT2D eigenvalue weighted by atomic mass is 9.88. The minimum Gasteiger partial charge on any atom is -0.477 e. The van der Waals surface area contributed by atoms with E-state index in [2.05, 4.69) is 24.5 Å². The van der Waals surface area contributed by atoms with Gasteiger partial charge in [0.05, 0.1) is 50.7 Å². The number of ether oxygens (including phenoxy) is 6. The van der Waals surface area contributed by atoms with E-state index in [4.69, 9.17) is 28.4 Å². The van der Waals surface area contributed by atoms with Crippen molar-refractivity contribution in [2.24, 2.45) is 0 Å². The number of carboxylic acids is 1. The zero-order chi connectivity index (χ0) is 75.3. The maximum absolute atomic E-state index is 13.6. The number of hydrogen-bond acceptors (Lipinski definition) is 20. The Morgan fingerprint density at radius 1 is 0.505 bits per heavy atom. The van der Waals surface area contributed by atoms with Crippen molar-refractivity contribution in [1.29, 1.82) is 0 Å². The van der Waals surface area contributed by atoms with Gasteiger partial charge in [0.25, 0.3) is 5.79 Å². The van der Waals surface area contributed by atoms with Crippen molar-refractivity contribution in [2.45, 2.75) is 452 Å². The summed E-state index contributed by atoms with van der Waals surface area (Å²) in [5.41, 5.74) is 0. The highest BCUT2D eigenvalue weighted by molar-refractivity contribution is 5.77. The zero-order valence-corrected chi connectivity index (χ0v) is 64.2. The van der Waals surface area contributed by atoms with Gasteiger partial charge in [-0.1, -0.05) is 315 Å². The molecule has 0 spiro atoms. The highest BCUT2D eigenvalue weighted by Crippen LogP contribution is 2.39. The van der Waals surface area contributed by atoms with Crippen LogP contribution in [0.25, 0.3) is 0 Å². The van der Waals surface area contributed by atoms with E-state index in [1.54, 1.807) is 6.08 Å².